The number of halogens is 20. The highest BCUT2D eigenvalue weighted by Gasteiger charge is 2.95. The second-order valence-electron chi connectivity index (χ2n) is 16.3. The number of aliphatic hydroxyl groups excluding tert-OH is 2. The summed E-state index contributed by atoms with van der Waals surface area (Å²) in [6.07, 6.45) is -13.8. The first-order valence-electron chi connectivity index (χ1n) is 19.7. The molecule has 17 nitrogen and oxygen atoms in total. The summed E-state index contributed by atoms with van der Waals surface area (Å²) < 4.78 is 257. The molecule has 418 valence electrons. The van der Waals surface area contributed by atoms with Crippen molar-refractivity contribution < 1.29 is 133 Å². The zero-order valence-electron chi connectivity index (χ0n) is 36.8. The zero-order valence-corrected chi connectivity index (χ0v) is 43.3. The Balaban J connectivity index is 1.92. The van der Waals surface area contributed by atoms with Crippen LogP contribution in [0.2, 0.25) is 0 Å². The number of alkyl halides is 17. The van der Waals surface area contributed by atoms with Gasteiger partial charge in [0.2, 0.25) is 5.91 Å². The molecule has 73 heavy (non-hydrogen) atoms. The molecule has 0 bridgehead atoms. The first-order chi connectivity index (χ1) is 32.7. The summed E-state index contributed by atoms with van der Waals surface area (Å²) in [7, 11) is 0. The minimum Gasteiger partial charge on any atom is -0.388 e. The fourth-order valence-electron chi connectivity index (χ4n) is 5.77. The molecule has 2 heterocycles. The van der Waals surface area contributed by atoms with Gasteiger partial charge in [-0.3, -0.25) is 25.0 Å². The zero-order chi connectivity index (χ0) is 56.7. The van der Waals surface area contributed by atoms with Gasteiger partial charge in [0.05, 0.1) is 81.3 Å². The van der Waals surface area contributed by atoms with Gasteiger partial charge in [0.15, 0.2) is 11.6 Å². The van der Waals surface area contributed by atoms with Crippen LogP contribution in [0.5, 0.6) is 0 Å². The Hall–Kier alpha value is -2.71. The second kappa shape index (κ2) is 22.7. The van der Waals surface area contributed by atoms with E-state index in [1.54, 1.807) is 0 Å². The second-order valence-corrected chi connectivity index (χ2v) is 19.5. The van der Waals surface area contributed by atoms with E-state index < -0.39 is 160 Å². The van der Waals surface area contributed by atoms with Gasteiger partial charge in [0, 0.05) is 9.99 Å². The molecule has 7 N–H and O–H groups in total. The summed E-state index contributed by atoms with van der Waals surface area (Å²) in [6.45, 7) is 0.607. The van der Waals surface area contributed by atoms with E-state index in [9.17, 15) is 109 Å². The Morgan fingerprint density at radius 1 is 0.562 bits per heavy atom. The maximum Gasteiger partial charge on any atom is 0.460 e. The standard InChI is InChI=1S/C36H37F17I3N5O12/c1-27(2)70-7-12(14(62)9-72-27)57-25(67)60-23(65)17-19(54)18(24(66)61-26(68)58-13-8-71-28(3,4)73-10-15(13)63)21(56)22(20(17)55)59-16(64)11-69-6-5-29(37,38)30(39,40)31(41,42)32(43,44)33(45,46)34(47,48)35(49,50)36(51,52)53/h12-15,62-63H,5-11H2,1-4H3,(H,59,64)(H2,57,60,65,67)(H2,58,61,66,68). The lowest BCUT2D eigenvalue weighted by Crippen LogP contribution is -2.74. The highest BCUT2D eigenvalue weighted by atomic mass is 127. The number of aliphatic hydroxyl groups is 2. The summed E-state index contributed by atoms with van der Waals surface area (Å²) in [5.74, 6) is -64.9. The van der Waals surface area contributed by atoms with Gasteiger partial charge in [-0.1, -0.05) is 0 Å². The number of nitrogens with one attached hydrogen (secondary N) is 5. The van der Waals surface area contributed by atoms with Crippen molar-refractivity contribution in [1.29, 1.82) is 0 Å². The topological polar surface area (TPSA) is 232 Å². The molecule has 1 aromatic rings. The number of carbonyl (C=O) groups is 5. The smallest absolute Gasteiger partial charge is 0.388 e. The first-order valence-corrected chi connectivity index (χ1v) is 22.9. The number of anilines is 1. The van der Waals surface area contributed by atoms with Crippen LogP contribution in [0.25, 0.3) is 0 Å². The van der Waals surface area contributed by atoms with Gasteiger partial charge < -0.3 is 49.8 Å². The summed E-state index contributed by atoms with van der Waals surface area (Å²) in [4.78, 5) is 66.5. The lowest BCUT2D eigenvalue weighted by atomic mass is 9.88. The average Bonchev–Trinajstić information content (AvgIpc) is 3.45. The number of amides is 7. The quantitative estimate of drug-likeness (QED) is 0.0517. The van der Waals surface area contributed by atoms with E-state index in [4.69, 9.17) is 18.9 Å². The molecular weight excluding hydrogens is 1400 g/mol. The summed E-state index contributed by atoms with van der Waals surface area (Å²) >= 11 is 4.09. The highest BCUT2D eigenvalue weighted by Crippen LogP contribution is 2.64. The van der Waals surface area contributed by atoms with Crippen LogP contribution in [0.1, 0.15) is 54.8 Å². The molecule has 3 rings (SSSR count). The minimum atomic E-state index is -8.83. The van der Waals surface area contributed by atoms with Crippen molar-refractivity contribution in [2.45, 2.75) is 118 Å². The maximum atomic E-state index is 14.5. The van der Waals surface area contributed by atoms with Crippen LogP contribution >= 0.6 is 67.8 Å². The third-order valence-corrected chi connectivity index (χ3v) is 13.3. The van der Waals surface area contributed by atoms with Crippen LogP contribution in [-0.4, -0.2) is 163 Å². The van der Waals surface area contributed by atoms with E-state index in [-0.39, 0.29) is 26.4 Å². The number of rotatable bonds is 16. The summed E-state index contributed by atoms with van der Waals surface area (Å²) in [6, 6.07) is -5.07. The molecule has 0 aromatic heterocycles. The van der Waals surface area contributed by atoms with Gasteiger partial charge in [-0.2, -0.15) is 74.6 Å². The van der Waals surface area contributed by atoms with Crippen LogP contribution < -0.4 is 26.6 Å². The Morgan fingerprint density at radius 3 is 1.27 bits per heavy atom. The highest BCUT2D eigenvalue weighted by molar-refractivity contribution is 14.1. The maximum absolute atomic E-state index is 14.5. The first kappa shape index (κ1) is 64.6. The van der Waals surface area contributed by atoms with Crippen molar-refractivity contribution in [3.63, 3.8) is 0 Å². The van der Waals surface area contributed by atoms with Crippen LogP contribution in [0.3, 0.4) is 0 Å². The molecule has 2 aliphatic rings. The molecule has 0 radical (unpaired) electrons. The molecular formula is C36H37F17I3N5O12. The number of urea groups is 2. The van der Waals surface area contributed by atoms with E-state index in [2.05, 4.69) is 15.4 Å². The van der Waals surface area contributed by atoms with Crippen LogP contribution in [0.4, 0.5) is 89.9 Å². The molecule has 0 spiro atoms. The predicted molar refractivity (Wildman–Crippen MR) is 233 cm³/mol. The number of hydrogen-bond acceptors (Lipinski definition) is 12. The molecule has 0 saturated carbocycles. The minimum absolute atomic E-state index is 0.366. The Bertz CT molecular complexity index is 2180. The summed E-state index contributed by atoms with van der Waals surface area (Å²) in [5, 5.41) is 31.1. The van der Waals surface area contributed by atoms with Crippen molar-refractivity contribution in [3.05, 3.63) is 21.8 Å². The van der Waals surface area contributed by atoms with Crippen molar-refractivity contribution >= 4 is 103 Å². The molecule has 7 amide bonds. The van der Waals surface area contributed by atoms with Crippen molar-refractivity contribution in [2.75, 3.05) is 45.0 Å². The van der Waals surface area contributed by atoms with Gasteiger partial charge >= 0.3 is 59.7 Å². The van der Waals surface area contributed by atoms with Crippen LogP contribution in [-0.2, 0) is 28.5 Å². The number of carbonyl (C=O) groups excluding carboxylic acids is 5. The fourth-order valence-corrected chi connectivity index (χ4v) is 10.2. The number of benzene rings is 1. The molecule has 0 aliphatic carbocycles. The lowest BCUT2D eigenvalue weighted by Gasteiger charge is -2.42. The fraction of sp³-hybridized carbons (Fsp3) is 0.694. The van der Waals surface area contributed by atoms with Crippen molar-refractivity contribution in [2.24, 2.45) is 0 Å². The van der Waals surface area contributed by atoms with Gasteiger partial charge in [-0.25, -0.2) is 9.59 Å². The number of ether oxygens (including phenoxy) is 5. The van der Waals surface area contributed by atoms with Crippen molar-refractivity contribution in [1.82, 2.24) is 21.3 Å². The molecule has 2 aliphatic heterocycles. The molecule has 37 heteroatoms. The SMILES string of the molecule is CC1(C)OCC(O)C(NC(=O)NC(=O)c2c(I)c(NC(=O)COCCC(F)(F)C(F)(F)C(F)(F)C(F)(F)C(F)(F)C(F)(F)C(F)(F)C(F)(F)F)c(I)c(C(=O)NC(=O)NC3COC(C)(C)OCC3O)c2I)CO1. The van der Waals surface area contributed by atoms with Gasteiger partial charge in [-0.05, 0) is 95.5 Å². The third kappa shape index (κ3) is 13.5. The molecule has 4 unspecified atom stereocenters. The van der Waals surface area contributed by atoms with Crippen LogP contribution in [0, 0.1) is 10.7 Å². The van der Waals surface area contributed by atoms with Gasteiger partial charge in [0.1, 0.15) is 6.61 Å². The largest absolute Gasteiger partial charge is 0.460 e. The molecule has 4 atom stereocenters. The Morgan fingerprint density at radius 2 is 0.904 bits per heavy atom. The van der Waals surface area contributed by atoms with E-state index in [1.165, 1.54) is 95.5 Å². The average molecular weight is 1440 g/mol. The van der Waals surface area contributed by atoms with E-state index in [0.29, 0.717) is 0 Å². The van der Waals surface area contributed by atoms with Gasteiger partial charge in [0.25, 0.3) is 11.8 Å². The number of hydrogen-bond donors (Lipinski definition) is 7. The lowest BCUT2D eigenvalue weighted by molar-refractivity contribution is -0.462. The van der Waals surface area contributed by atoms with E-state index in [0.717, 1.165) is 0 Å². The van der Waals surface area contributed by atoms with Crippen LogP contribution in [0.15, 0.2) is 0 Å². The monoisotopic (exact) mass is 1430 g/mol. The van der Waals surface area contributed by atoms with Crippen molar-refractivity contribution in [3.8, 4) is 0 Å². The normalized spacial score (nSPS) is 21.6. The van der Waals surface area contributed by atoms with E-state index >= 15 is 0 Å². The third-order valence-electron chi connectivity index (χ3n) is 10.1. The molecule has 2 fully saturated rings. The van der Waals surface area contributed by atoms with E-state index in [1.807, 2.05) is 16.0 Å². The number of imide groups is 2. The Kier molecular flexibility index (Phi) is 20.1. The molecule has 2 saturated heterocycles. The summed E-state index contributed by atoms with van der Waals surface area (Å²) in [5.41, 5.74) is -1.98. The predicted octanol–water partition coefficient (Wildman–Crippen LogP) is 6.76. The van der Waals surface area contributed by atoms with Gasteiger partial charge in [-0.15, -0.1) is 0 Å². The Labute approximate surface area is 439 Å². The molecule has 1 aromatic carbocycles.